The van der Waals surface area contributed by atoms with Gasteiger partial charge in [0.1, 0.15) is 0 Å². The van der Waals surface area contributed by atoms with Gasteiger partial charge in [0.05, 0.1) is 13.2 Å². The zero-order chi connectivity index (χ0) is 8.16. The number of carbonyl (C=O) groups excluding carboxylic acids is 1. The maximum absolute atomic E-state index is 10.5. The average Bonchev–Trinajstić information content (AvgIpc) is 2.50. The van der Waals surface area contributed by atoms with Crippen molar-refractivity contribution in [3.63, 3.8) is 0 Å². The van der Waals surface area contributed by atoms with E-state index >= 15 is 0 Å². The lowest BCUT2D eigenvalue weighted by Gasteiger charge is -2.18. The highest BCUT2D eigenvalue weighted by Gasteiger charge is 2.33. The minimum absolute atomic E-state index is 0.00694. The van der Waals surface area contributed by atoms with Gasteiger partial charge in [-0.2, -0.15) is 0 Å². The molecule has 1 unspecified atom stereocenters. The Hall–Kier alpha value is -1.10. The van der Waals surface area contributed by atoms with Crippen LogP contribution in [0.4, 0.5) is 0 Å². The van der Waals surface area contributed by atoms with Crippen molar-refractivity contribution in [1.29, 1.82) is 0 Å². The molecule has 1 atom stereocenters. The summed E-state index contributed by atoms with van der Waals surface area (Å²) < 4.78 is 5.05. The van der Waals surface area contributed by atoms with E-state index in [1.54, 1.807) is 0 Å². The van der Waals surface area contributed by atoms with Gasteiger partial charge < -0.3 is 4.74 Å². The maximum Gasteiger partial charge on any atom is 0.181 e. The summed E-state index contributed by atoms with van der Waals surface area (Å²) in [5, 5.41) is 6.06. The Bertz CT molecular complexity index is 193. The SMILES string of the molecule is [N-]=[N+]=NCC1(C=O)NCCO1. The predicted molar refractivity (Wildman–Crippen MR) is 36.8 cm³/mol. The highest BCUT2D eigenvalue weighted by atomic mass is 16.5. The van der Waals surface area contributed by atoms with Crippen LogP contribution in [0.3, 0.4) is 0 Å². The summed E-state index contributed by atoms with van der Waals surface area (Å²) in [6.45, 7) is 1.09. The van der Waals surface area contributed by atoms with Crippen LogP contribution < -0.4 is 5.32 Å². The van der Waals surface area contributed by atoms with Gasteiger partial charge >= 0.3 is 0 Å². The van der Waals surface area contributed by atoms with Gasteiger partial charge in [0.25, 0.3) is 0 Å². The molecular formula is C5H8N4O2. The standard InChI is InChI=1S/C5H8N4O2/c6-9-8-3-5(4-10)7-1-2-11-5/h4,7H,1-3H2. The van der Waals surface area contributed by atoms with Crippen LogP contribution in [0.25, 0.3) is 10.4 Å². The van der Waals surface area contributed by atoms with Crippen LogP contribution in [-0.4, -0.2) is 31.7 Å². The fraction of sp³-hybridized carbons (Fsp3) is 0.800. The Kier molecular flexibility index (Phi) is 2.43. The fourth-order valence-electron chi connectivity index (χ4n) is 0.898. The van der Waals surface area contributed by atoms with Crippen molar-refractivity contribution in [3.8, 4) is 0 Å². The molecule has 0 amide bonds. The first-order valence-electron chi connectivity index (χ1n) is 3.19. The number of carbonyl (C=O) groups is 1. The first-order valence-corrected chi connectivity index (χ1v) is 3.19. The van der Waals surface area contributed by atoms with Gasteiger partial charge in [-0.1, -0.05) is 5.11 Å². The zero-order valence-electron chi connectivity index (χ0n) is 5.86. The molecule has 1 aliphatic rings. The highest BCUT2D eigenvalue weighted by molar-refractivity contribution is 5.62. The molecule has 0 saturated carbocycles. The molecule has 1 rings (SSSR count). The van der Waals surface area contributed by atoms with E-state index in [0.29, 0.717) is 19.4 Å². The molecule has 0 bridgehead atoms. The molecule has 1 N–H and O–H groups in total. The van der Waals surface area contributed by atoms with E-state index in [4.69, 9.17) is 10.3 Å². The highest BCUT2D eigenvalue weighted by Crippen LogP contribution is 2.09. The topological polar surface area (TPSA) is 87.1 Å². The number of azide groups is 1. The third kappa shape index (κ3) is 1.68. The van der Waals surface area contributed by atoms with Crippen molar-refractivity contribution in [3.05, 3.63) is 10.4 Å². The average molecular weight is 156 g/mol. The molecule has 0 aromatic carbocycles. The normalized spacial score (nSPS) is 29.5. The second kappa shape index (κ2) is 3.34. The predicted octanol–water partition coefficient (Wildman–Crippen LogP) is -0.188. The van der Waals surface area contributed by atoms with Gasteiger partial charge in [-0.05, 0) is 5.53 Å². The van der Waals surface area contributed by atoms with Crippen LogP contribution >= 0.6 is 0 Å². The van der Waals surface area contributed by atoms with E-state index in [-0.39, 0.29) is 6.54 Å². The van der Waals surface area contributed by atoms with Crippen molar-refractivity contribution in [2.24, 2.45) is 5.11 Å². The number of nitrogens with one attached hydrogen (secondary N) is 1. The van der Waals surface area contributed by atoms with E-state index in [2.05, 4.69) is 15.3 Å². The van der Waals surface area contributed by atoms with Crippen molar-refractivity contribution in [2.75, 3.05) is 19.7 Å². The lowest BCUT2D eigenvalue weighted by molar-refractivity contribution is -0.126. The Labute approximate surface area is 63.2 Å². The lowest BCUT2D eigenvalue weighted by Crippen LogP contribution is -2.45. The van der Waals surface area contributed by atoms with Gasteiger partial charge in [0.2, 0.25) is 0 Å². The Morgan fingerprint density at radius 1 is 1.91 bits per heavy atom. The summed E-state index contributed by atoms with van der Waals surface area (Å²) in [4.78, 5) is 13.0. The van der Waals surface area contributed by atoms with Gasteiger partial charge in [-0.3, -0.25) is 10.1 Å². The summed E-state index contributed by atoms with van der Waals surface area (Å²) in [6, 6.07) is 0. The molecule has 1 fully saturated rings. The van der Waals surface area contributed by atoms with Gasteiger partial charge in [-0.25, -0.2) is 0 Å². The van der Waals surface area contributed by atoms with Crippen LogP contribution in [0.5, 0.6) is 0 Å². The minimum Gasteiger partial charge on any atom is -0.352 e. The second-order valence-electron chi connectivity index (χ2n) is 2.17. The molecule has 1 aliphatic heterocycles. The molecule has 60 valence electrons. The fourth-order valence-corrected chi connectivity index (χ4v) is 0.898. The largest absolute Gasteiger partial charge is 0.352 e. The van der Waals surface area contributed by atoms with Gasteiger partial charge in [0, 0.05) is 11.5 Å². The summed E-state index contributed by atoms with van der Waals surface area (Å²) in [6.07, 6.45) is 0.620. The van der Waals surface area contributed by atoms with Crippen molar-refractivity contribution in [1.82, 2.24) is 5.32 Å². The van der Waals surface area contributed by atoms with E-state index in [0.717, 1.165) is 0 Å². The number of aldehydes is 1. The van der Waals surface area contributed by atoms with Crippen LogP contribution in [-0.2, 0) is 9.53 Å². The maximum atomic E-state index is 10.5. The molecule has 6 nitrogen and oxygen atoms in total. The molecule has 0 aliphatic carbocycles. The molecular weight excluding hydrogens is 148 g/mol. The molecule has 6 heteroatoms. The van der Waals surface area contributed by atoms with Crippen molar-refractivity contribution >= 4 is 6.29 Å². The van der Waals surface area contributed by atoms with Gasteiger partial charge in [-0.15, -0.1) is 0 Å². The summed E-state index contributed by atoms with van der Waals surface area (Å²) in [7, 11) is 0. The number of nitrogens with zero attached hydrogens (tertiary/aromatic N) is 3. The quantitative estimate of drug-likeness (QED) is 0.266. The van der Waals surface area contributed by atoms with Crippen LogP contribution in [0.15, 0.2) is 5.11 Å². The lowest BCUT2D eigenvalue weighted by atomic mass is 10.3. The van der Waals surface area contributed by atoms with Crippen molar-refractivity contribution < 1.29 is 9.53 Å². The third-order valence-corrected chi connectivity index (χ3v) is 1.45. The smallest absolute Gasteiger partial charge is 0.181 e. The van der Waals surface area contributed by atoms with Crippen LogP contribution in [0.2, 0.25) is 0 Å². The molecule has 0 aromatic rings. The van der Waals surface area contributed by atoms with Crippen molar-refractivity contribution in [2.45, 2.75) is 5.72 Å². The first kappa shape index (κ1) is 8.00. The van der Waals surface area contributed by atoms with Crippen LogP contribution in [0, 0.1) is 0 Å². The van der Waals surface area contributed by atoms with E-state index in [1.165, 1.54) is 0 Å². The minimum atomic E-state index is -1.06. The third-order valence-electron chi connectivity index (χ3n) is 1.45. The molecule has 1 saturated heterocycles. The summed E-state index contributed by atoms with van der Waals surface area (Å²) >= 11 is 0. The van der Waals surface area contributed by atoms with Crippen LogP contribution in [0.1, 0.15) is 0 Å². The Morgan fingerprint density at radius 3 is 3.18 bits per heavy atom. The molecule has 11 heavy (non-hydrogen) atoms. The Balaban J connectivity index is 2.58. The molecule has 0 radical (unpaired) electrons. The number of rotatable bonds is 3. The summed E-state index contributed by atoms with van der Waals surface area (Å²) in [5.74, 6) is 0. The molecule has 1 heterocycles. The van der Waals surface area contributed by atoms with E-state index in [1.807, 2.05) is 0 Å². The zero-order valence-corrected chi connectivity index (χ0v) is 5.86. The van der Waals surface area contributed by atoms with E-state index < -0.39 is 5.72 Å². The number of ether oxygens (including phenoxy) is 1. The summed E-state index contributed by atoms with van der Waals surface area (Å²) in [5.41, 5.74) is 6.93. The Morgan fingerprint density at radius 2 is 2.73 bits per heavy atom. The second-order valence-corrected chi connectivity index (χ2v) is 2.17. The number of hydrogen-bond acceptors (Lipinski definition) is 4. The van der Waals surface area contributed by atoms with E-state index in [9.17, 15) is 4.79 Å². The number of hydrogen-bond donors (Lipinski definition) is 1. The first-order chi connectivity index (χ1) is 5.33. The van der Waals surface area contributed by atoms with Gasteiger partial charge in [0.15, 0.2) is 12.0 Å². The monoisotopic (exact) mass is 156 g/mol. The molecule has 0 aromatic heterocycles. The molecule has 0 spiro atoms.